The molecule has 6 heteroatoms. The van der Waals surface area contributed by atoms with Crippen LogP contribution in [0.5, 0.6) is 0 Å². The minimum Gasteiger partial charge on any atom is -0.393 e. The van der Waals surface area contributed by atoms with Crippen LogP contribution in [0.25, 0.3) is 0 Å². The molecule has 1 amide bonds. The lowest BCUT2D eigenvalue weighted by atomic mass is 10.1. The first-order chi connectivity index (χ1) is 11.1. The van der Waals surface area contributed by atoms with E-state index in [0.29, 0.717) is 24.1 Å². The Morgan fingerprint density at radius 2 is 1.96 bits per heavy atom. The average Bonchev–Trinajstić information content (AvgIpc) is 2.57. The monoisotopic (exact) mass is 315 g/mol. The normalized spacial score (nSPS) is 15.5. The summed E-state index contributed by atoms with van der Waals surface area (Å²) in [7, 11) is 0. The van der Waals surface area contributed by atoms with Crippen LogP contribution in [0.15, 0.2) is 42.6 Å². The first-order valence-corrected chi connectivity index (χ1v) is 7.58. The number of piperidine rings is 1. The van der Waals surface area contributed by atoms with E-state index in [4.69, 9.17) is 0 Å². The summed E-state index contributed by atoms with van der Waals surface area (Å²) in [5.74, 6) is -0.948. The second kappa shape index (κ2) is 6.75. The number of nitrogens with zero attached hydrogens (tertiary/aromatic N) is 2. The summed E-state index contributed by atoms with van der Waals surface area (Å²) < 4.78 is 12.8. The molecule has 3 rings (SSSR count). The molecule has 0 atom stereocenters. The fourth-order valence-electron chi connectivity index (χ4n) is 2.67. The van der Waals surface area contributed by atoms with Crippen molar-refractivity contribution < 1.29 is 14.3 Å². The van der Waals surface area contributed by atoms with Gasteiger partial charge in [-0.2, -0.15) is 4.39 Å². The van der Waals surface area contributed by atoms with Gasteiger partial charge < -0.3 is 15.3 Å². The van der Waals surface area contributed by atoms with Crippen LogP contribution < -0.4 is 10.2 Å². The highest BCUT2D eigenvalue weighted by Crippen LogP contribution is 2.28. The van der Waals surface area contributed by atoms with E-state index in [1.165, 1.54) is 12.3 Å². The Labute approximate surface area is 133 Å². The Hall–Kier alpha value is -2.47. The molecule has 5 nitrogen and oxygen atoms in total. The van der Waals surface area contributed by atoms with E-state index in [9.17, 15) is 14.3 Å². The van der Waals surface area contributed by atoms with Gasteiger partial charge in [0.15, 0.2) is 0 Å². The molecule has 1 aromatic heterocycles. The van der Waals surface area contributed by atoms with Crippen molar-refractivity contribution in [1.29, 1.82) is 0 Å². The second-order valence-corrected chi connectivity index (χ2v) is 5.56. The molecule has 120 valence electrons. The molecule has 1 aliphatic rings. The number of aromatic nitrogens is 1. The topological polar surface area (TPSA) is 65.5 Å². The van der Waals surface area contributed by atoms with Crippen LogP contribution in [0.1, 0.15) is 23.2 Å². The van der Waals surface area contributed by atoms with E-state index < -0.39 is 5.95 Å². The molecule has 0 bridgehead atoms. The van der Waals surface area contributed by atoms with Gasteiger partial charge in [-0.25, -0.2) is 4.98 Å². The van der Waals surface area contributed by atoms with Crippen LogP contribution in [-0.4, -0.2) is 35.2 Å². The van der Waals surface area contributed by atoms with E-state index >= 15 is 0 Å². The molecular weight excluding hydrogens is 297 g/mol. The third-order valence-corrected chi connectivity index (χ3v) is 3.95. The fourth-order valence-corrected chi connectivity index (χ4v) is 2.67. The maximum Gasteiger partial charge on any atom is 0.257 e. The number of nitrogens with one attached hydrogen (secondary N) is 1. The first-order valence-electron chi connectivity index (χ1n) is 7.58. The molecule has 0 spiro atoms. The molecule has 2 N–H and O–H groups in total. The Morgan fingerprint density at radius 1 is 1.22 bits per heavy atom. The average molecular weight is 315 g/mol. The number of hydrogen-bond donors (Lipinski definition) is 2. The molecule has 1 aliphatic heterocycles. The van der Waals surface area contributed by atoms with Crippen molar-refractivity contribution in [2.45, 2.75) is 18.9 Å². The highest BCUT2D eigenvalue weighted by Gasteiger charge is 2.20. The minimum atomic E-state index is -0.617. The van der Waals surface area contributed by atoms with Crippen LogP contribution in [-0.2, 0) is 0 Å². The molecular formula is C17H18FN3O2. The molecule has 0 radical (unpaired) electrons. The molecule has 2 heterocycles. The van der Waals surface area contributed by atoms with E-state index in [1.807, 2.05) is 24.3 Å². The molecule has 23 heavy (non-hydrogen) atoms. The Bertz CT molecular complexity index is 682. The van der Waals surface area contributed by atoms with Gasteiger partial charge in [0.2, 0.25) is 5.95 Å². The summed E-state index contributed by atoms with van der Waals surface area (Å²) in [6.45, 7) is 1.48. The number of para-hydroxylation sites is 2. The predicted octanol–water partition coefficient (Wildman–Crippen LogP) is 2.43. The zero-order chi connectivity index (χ0) is 16.2. The SMILES string of the molecule is O=C(Nc1ccccc1N1CCC(O)CC1)c1ccc(F)nc1. The summed E-state index contributed by atoms with van der Waals surface area (Å²) in [6, 6.07) is 10.1. The number of pyridine rings is 1. The number of carbonyl (C=O) groups excluding carboxylic acids is 1. The highest BCUT2D eigenvalue weighted by molar-refractivity contribution is 6.05. The number of amides is 1. The van der Waals surface area contributed by atoms with Gasteiger partial charge in [0.25, 0.3) is 5.91 Å². The molecule has 2 aromatic rings. The molecule has 0 saturated carbocycles. The zero-order valence-electron chi connectivity index (χ0n) is 12.6. The number of aliphatic hydroxyl groups is 1. The summed E-state index contributed by atoms with van der Waals surface area (Å²) in [5.41, 5.74) is 1.91. The second-order valence-electron chi connectivity index (χ2n) is 5.56. The van der Waals surface area contributed by atoms with Crippen molar-refractivity contribution in [2.75, 3.05) is 23.3 Å². The Balaban J connectivity index is 1.77. The van der Waals surface area contributed by atoms with E-state index in [0.717, 1.165) is 24.8 Å². The molecule has 1 fully saturated rings. The molecule has 0 aliphatic carbocycles. The molecule has 1 aromatic carbocycles. The van der Waals surface area contributed by atoms with Gasteiger partial charge in [0.1, 0.15) is 0 Å². The van der Waals surface area contributed by atoms with E-state index in [-0.39, 0.29) is 12.0 Å². The number of benzene rings is 1. The van der Waals surface area contributed by atoms with Crippen molar-refractivity contribution >= 4 is 17.3 Å². The van der Waals surface area contributed by atoms with E-state index in [2.05, 4.69) is 15.2 Å². The van der Waals surface area contributed by atoms with Gasteiger partial charge in [-0.15, -0.1) is 0 Å². The van der Waals surface area contributed by atoms with Crippen molar-refractivity contribution in [3.63, 3.8) is 0 Å². The lowest BCUT2D eigenvalue weighted by Crippen LogP contribution is -2.36. The largest absolute Gasteiger partial charge is 0.393 e. The minimum absolute atomic E-state index is 0.252. The lowest BCUT2D eigenvalue weighted by Gasteiger charge is -2.32. The smallest absolute Gasteiger partial charge is 0.257 e. The predicted molar refractivity (Wildman–Crippen MR) is 86.0 cm³/mol. The van der Waals surface area contributed by atoms with Crippen molar-refractivity contribution in [3.05, 3.63) is 54.1 Å². The van der Waals surface area contributed by atoms with Crippen LogP contribution in [0.3, 0.4) is 0 Å². The third-order valence-electron chi connectivity index (χ3n) is 3.95. The Morgan fingerprint density at radius 3 is 2.65 bits per heavy atom. The van der Waals surface area contributed by atoms with Crippen molar-refractivity contribution in [2.24, 2.45) is 0 Å². The van der Waals surface area contributed by atoms with Crippen molar-refractivity contribution in [1.82, 2.24) is 4.98 Å². The van der Waals surface area contributed by atoms with Gasteiger partial charge >= 0.3 is 0 Å². The lowest BCUT2D eigenvalue weighted by molar-refractivity contribution is 0.102. The third kappa shape index (κ3) is 3.65. The van der Waals surface area contributed by atoms with Gasteiger partial charge in [0, 0.05) is 19.3 Å². The molecule has 1 saturated heterocycles. The van der Waals surface area contributed by atoms with Crippen LogP contribution >= 0.6 is 0 Å². The van der Waals surface area contributed by atoms with Crippen LogP contribution in [0.2, 0.25) is 0 Å². The zero-order valence-corrected chi connectivity index (χ0v) is 12.6. The number of hydrogen-bond acceptors (Lipinski definition) is 4. The summed E-state index contributed by atoms with van der Waals surface area (Å²) in [4.78, 5) is 17.9. The van der Waals surface area contributed by atoms with Gasteiger partial charge in [-0.3, -0.25) is 4.79 Å². The summed E-state index contributed by atoms with van der Waals surface area (Å²) in [5, 5.41) is 12.5. The number of carbonyl (C=O) groups is 1. The molecule has 0 unspecified atom stereocenters. The highest BCUT2D eigenvalue weighted by atomic mass is 19.1. The number of anilines is 2. The standard InChI is InChI=1S/C17H18FN3O2/c18-16-6-5-12(11-19-16)17(23)20-14-3-1-2-4-15(14)21-9-7-13(22)8-10-21/h1-6,11,13,22H,7-10H2,(H,20,23). The van der Waals surface area contributed by atoms with Gasteiger partial charge in [-0.1, -0.05) is 12.1 Å². The number of halogens is 1. The number of rotatable bonds is 3. The summed E-state index contributed by atoms with van der Waals surface area (Å²) in [6.07, 6.45) is 2.39. The van der Waals surface area contributed by atoms with Crippen LogP contribution in [0.4, 0.5) is 15.8 Å². The first kappa shape index (κ1) is 15.4. The van der Waals surface area contributed by atoms with E-state index in [1.54, 1.807) is 0 Å². The number of aliphatic hydroxyl groups excluding tert-OH is 1. The van der Waals surface area contributed by atoms with Gasteiger partial charge in [0.05, 0.1) is 23.0 Å². The maximum atomic E-state index is 12.8. The van der Waals surface area contributed by atoms with Crippen LogP contribution in [0, 0.1) is 5.95 Å². The fraction of sp³-hybridized carbons (Fsp3) is 0.294. The van der Waals surface area contributed by atoms with Crippen molar-refractivity contribution in [3.8, 4) is 0 Å². The Kier molecular flexibility index (Phi) is 4.52. The van der Waals surface area contributed by atoms with Gasteiger partial charge in [-0.05, 0) is 37.1 Å². The quantitative estimate of drug-likeness (QED) is 0.854. The summed E-state index contributed by atoms with van der Waals surface area (Å²) >= 11 is 0. The maximum absolute atomic E-state index is 12.8.